The summed E-state index contributed by atoms with van der Waals surface area (Å²) in [5, 5.41) is 13.6. The smallest absolute Gasteiger partial charge is 0.262 e. The van der Waals surface area contributed by atoms with Gasteiger partial charge in [-0.2, -0.15) is 4.98 Å². The van der Waals surface area contributed by atoms with Crippen molar-refractivity contribution in [1.82, 2.24) is 15.1 Å². The average molecular weight is 253 g/mol. The van der Waals surface area contributed by atoms with Gasteiger partial charge in [-0.15, -0.1) is 0 Å². The molecule has 3 rings (SSSR count). The van der Waals surface area contributed by atoms with E-state index in [2.05, 4.69) is 15.1 Å². The molecule has 1 aromatic carbocycles. The molecule has 1 N–H and O–H groups in total. The average Bonchev–Trinajstić information content (AvgIpc) is 2.89. The Morgan fingerprint density at radius 3 is 2.63 bits per heavy atom. The van der Waals surface area contributed by atoms with Crippen molar-refractivity contribution >= 4 is 0 Å². The molecule has 0 atom stereocenters. The van der Waals surface area contributed by atoms with E-state index in [4.69, 9.17) is 4.52 Å². The molecular weight excluding hydrogens is 242 g/mol. The van der Waals surface area contributed by atoms with E-state index in [0.717, 1.165) is 5.56 Å². The Morgan fingerprint density at radius 2 is 1.89 bits per heavy atom. The summed E-state index contributed by atoms with van der Waals surface area (Å²) in [6.07, 6.45) is 2.90. The molecule has 0 aliphatic rings. The van der Waals surface area contributed by atoms with E-state index in [0.29, 0.717) is 11.4 Å². The first-order valence-corrected chi connectivity index (χ1v) is 5.78. The second kappa shape index (κ2) is 4.53. The fourth-order valence-electron chi connectivity index (χ4n) is 1.72. The summed E-state index contributed by atoms with van der Waals surface area (Å²) in [5.41, 5.74) is 2.51. The van der Waals surface area contributed by atoms with Gasteiger partial charge < -0.3 is 9.63 Å². The first kappa shape index (κ1) is 11.4. The fourth-order valence-corrected chi connectivity index (χ4v) is 1.72. The molecule has 0 unspecified atom stereocenters. The summed E-state index contributed by atoms with van der Waals surface area (Å²) in [7, 11) is 0. The predicted molar refractivity (Wildman–Crippen MR) is 69.4 cm³/mol. The number of benzene rings is 1. The van der Waals surface area contributed by atoms with Gasteiger partial charge in [0.1, 0.15) is 5.75 Å². The van der Waals surface area contributed by atoms with E-state index in [1.54, 1.807) is 12.3 Å². The van der Waals surface area contributed by atoms with Gasteiger partial charge in [0.15, 0.2) is 0 Å². The number of hydrogen-bond donors (Lipinski definition) is 1. The summed E-state index contributed by atoms with van der Waals surface area (Å²) in [5.74, 6) is 0.781. The lowest BCUT2D eigenvalue weighted by atomic mass is 10.1. The fraction of sp³-hybridized carbons (Fsp3) is 0.0714. The van der Waals surface area contributed by atoms with Gasteiger partial charge >= 0.3 is 0 Å². The zero-order valence-corrected chi connectivity index (χ0v) is 10.2. The molecule has 0 spiro atoms. The molecule has 0 amide bonds. The Kier molecular flexibility index (Phi) is 2.72. The third-order valence-electron chi connectivity index (χ3n) is 2.77. The number of aromatic nitrogens is 3. The number of nitrogens with zero attached hydrogens (tertiary/aromatic N) is 3. The monoisotopic (exact) mass is 253 g/mol. The molecule has 0 aliphatic carbocycles. The first-order chi connectivity index (χ1) is 9.24. The maximum absolute atomic E-state index is 9.69. The van der Waals surface area contributed by atoms with Crippen LogP contribution in [0.1, 0.15) is 5.56 Å². The van der Waals surface area contributed by atoms with Crippen LogP contribution in [-0.2, 0) is 0 Å². The van der Waals surface area contributed by atoms with Crippen LogP contribution in [0.2, 0.25) is 0 Å². The number of rotatable bonds is 2. The lowest BCUT2D eigenvalue weighted by Crippen LogP contribution is -1.82. The lowest BCUT2D eigenvalue weighted by molar-refractivity contribution is 0.425. The first-order valence-electron chi connectivity index (χ1n) is 5.78. The molecule has 19 heavy (non-hydrogen) atoms. The van der Waals surface area contributed by atoms with Crippen LogP contribution >= 0.6 is 0 Å². The minimum absolute atomic E-state index is 0.0154. The second-order valence-electron chi connectivity index (χ2n) is 4.18. The number of hydrogen-bond acceptors (Lipinski definition) is 5. The summed E-state index contributed by atoms with van der Waals surface area (Å²) >= 11 is 0. The molecule has 0 fully saturated rings. The Balaban J connectivity index is 2.00. The summed E-state index contributed by atoms with van der Waals surface area (Å²) in [4.78, 5) is 8.08. The topological polar surface area (TPSA) is 72.0 Å². The van der Waals surface area contributed by atoms with E-state index in [9.17, 15) is 5.11 Å². The Bertz CT molecular complexity index is 705. The van der Waals surface area contributed by atoms with Crippen molar-refractivity contribution in [3.63, 3.8) is 0 Å². The minimum atomic E-state index is 0.0154. The Hall–Kier alpha value is -2.69. The van der Waals surface area contributed by atoms with E-state index in [1.165, 1.54) is 11.8 Å². The molecule has 0 aliphatic heterocycles. The van der Waals surface area contributed by atoms with Crippen LogP contribution in [0.4, 0.5) is 0 Å². The molecule has 94 valence electrons. The van der Waals surface area contributed by atoms with Crippen molar-refractivity contribution in [1.29, 1.82) is 0 Å². The predicted octanol–water partition coefficient (Wildman–Crippen LogP) is 2.81. The lowest BCUT2D eigenvalue weighted by Gasteiger charge is -1.96. The van der Waals surface area contributed by atoms with Crippen LogP contribution in [0, 0.1) is 6.92 Å². The van der Waals surface area contributed by atoms with Gasteiger partial charge in [-0.05, 0) is 13.0 Å². The zero-order valence-electron chi connectivity index (χ0n) is 10.2. The third kappa shape index (κ3) is 2.18. The molecule has 5 nitrogen and oxygen atoms in total. The largest absolute Gasteiger partial charge is 0.505 e. The molecular formula is C14H11N3O2. The van der Waals surface area contributed by atoms with Gasteiger partial charge in [0.25, 0.3) is 5.89 Å². The van der Waals surface area contributed by atoms with Gasteiger partial charge in [-0.1, -0.05) is 35.0 Å². The molecule has 0 saturated heterocycles. The van der Waals surface area contributed by atoms with Crippen LogP contribution in [0.5, 0.6) is 5.75 Å². The van der Waals surface area contributed by atoms with Crippen molar-refractivity contribution in [2.24, 2.45) is 0 Å². The summed E-state index contributed by atoms with van der Waals surface area (Å²) < 4.78 is 5.17. The quantitative estimate of drug-likeness (QED) is 0.760. The SMILES string of the molecule is Cc1ccc(-c2noc(-c3ccncc3O)n2)cc1. The number of aryl methyl sites for hydroxylation is 1. The molecule has 5 heteroatoms. The maximum Gasteiger partial charge on any atom is 0.262 e. The van der Waals surface area contributed by atoms with E-state index in [1.807, 2.05) is 31.2 Å². The minimum Gasteiger partial charge on any atom is -0.505 e. The van der Waals surface area contributed by atoms with Crippen LogP contribution in [-0.4, -0.2) is 20.2 Å². The van der Waals surface area contributed by atoms with Crippen molar-refractivity contribution in [3.8, 4) is 28.6 Å². The van der Waals surface area contributed by atoms with Gasteiger partial charge in [0, 0.05) is 11.8 Å². The third-order valence-corrected chi connectivity index (χ3v) is 2.77. The second-order valence-corrected chi connectivity index (χ2v) is 4.18. The summed E-state index contributed by atoms with van der Waals surface area (Å²) in [6.45, 7) is 2.01. The Labute approximate surface area is 109 Å². The molecule has 0 saturated carbocycles. The highest BCUT2D eigenvalue weighted by molar-refractivity contribution is 5.64. The molecule has 0 bridgehead atoms. The van der Waals surface area contributed by atoms with E-state index < -0.39 is 0 Å². The Morgan fingerprint density at radius 1 is 1.11 bits per heavy atom. The number of pyridine rings is 1. The maximum atomic E-state index is 9.69. The van der Waals surface area contributed by atoms with E-state index in [-0.39, 0.29) is 11.6 Å². The zero-order chi connectivity index (χ0) is 13.2. The van der Waals surface area contributed by atoms with Crippen molar-refractivity contribution in [2.45, 2.75) is 6.92 Å². The molecule has 2 heterocycles. The van der Waals surface area contributed by atoms with E-state index >= 15 is 0 Å². The van der Waals surface area contributed by atoms with Gasteiger partial charge in [-0.3, -0.25) is 4.98 Å². The highest BCUT2D eigenvalue weighted by atomic mass is 16.5. The van der Waals surface area contributed by atoms with Crippen LogP contribution in [0.3, 0.4) is 0 Å². The number of aromatic hydroxyl groups is 1. The molecule has 0 radical (unpaired) electrons. The van der Waals surface area contributed by atoms with Crippen LogP contribution in [0.15, 0.2) is 47.2 Å². The highest BCUT2D eigenvalue weighted by Gasteiger charge is 2.13. The standard InChI is InChI=1S/C14H11N3O2/c1-9-2-4-10(5-3-9)13-16-14(19-17-13)11-6-7-15-8-12(11)18/h2-8,18H,1H3. The van der Waals surface area contributed by atoms with Crippen molar-refractivity contribution in [3.05, 3.63) is 48.3 Å². The highest BCUT2D eigenvalue weighted by Crippen LogP contribution is 2.28. The van der Waals surface area contributed by atoms with Gasteiger partial charge in [0.2, 0.25) is 5.82 Å². The van der Waals surface area contributed by atoms with Gasteiger partial charge in [0.05, 0.1) is 11.8 Å². The van der Waals surface area contributed by atoms with Gasteiger partial charge in [-0.25, -0.2) is 0 Å². The summed E-state index contributed by atoms with van der Waals surface area (Å²) in [6, 6.07) is 9.44. The molecule has 3 aromatic rings. The van der Waals surface area contributed by atoms with Crippen LogP contribution < -0.4 is 0 Å². The van der Waals surface area contributed by atoms with Crippen molar-refractivity contribution < 1.29 is 9.63 Å². The van der Waals surface area contributed by atoms with Crippen molar-refractivity contribution in [2.75, 3.05) is 0 Å². The molecule has 2 aromatic heterocycles. The van der Waals surface area contributed by atoms with Crippen LogP contribution in [0.25, 0.3) is 22.8 Å². The normalized spacial score (nSPS) is 10.6.